The van der Waals surface area contributed by atoms with Crippen molar-refractivity contribution in [3.05, 3.63) is 42.5 Å². The third kappa shape index (κ3) is 1.12. The predicted octanol–water partition coefficient (Wildman–Crippen LogP) is 2.09. The van der Waals surface area contributed by atoms with Gasteiger partial charge in [-0.2, -0.15) is 5.90 Å². The van der Waals surface area contributed by atoms with Crippen molar-refractivity contribution >= 4 is 10.8 Å². The first kappa shape index (κ1) is 7.13. The Hall–Kier alpha value is -1.54. The van der Waals surface area contributed by atoms with Gasteiger partial charge in [0.2, 0.25) is 0 Å². The first-order valence-electron chi connectivity index (χ1n) is 3.76. The molecule has 2 aromatic rings. The van der Waals surface area contributed by atoms with E-state index >= 15 is 0 Å². The van der Waals surface area contributed by atoms with Crippen molar-refractivity contribution < 1.29 is 4.84 Å². The quantitative estimate of drug-likeness (QED) is 0.646. The monoisotopic (exact) mass is 159 g/mol. The number of hydrogen-bond acceptors (Lipinski definition) is 2. The number of nitrogens with two attached hydrogens (primary N) is 1. The predicted molar refractivity (Wildman–Crippen MR) is 48.8 cm³/mol. The molecule has 0 aliphatic rings. The lowest BCUT2D eigenvalue weighted by Crippen LogP contribution is -2.01. The number of fused-ring (bicyclic) bond motifs is 1. The zero-order valence-corrected chi connectivity index (χ0v) is 6.53. The molecule has 0 fully saturated rings. The fourth-order valence-electron chi connectivity index (χ4n) is 1.24. The second-order valence-corrected chi connectivity index (χ2v) is 2.63. The van der Waals surface area contributed by atoms with Crippen molar-refractivity contribution in [1.29, 1.82) is 0 Å². The van der Waals surface area contributed by atoms with Gasteiger partial charge >= 0.3 is 0 Å². The van der Waals surface area contributed by atoms with Crippen LogP contribution in [0.15, 0.2) is 42.5 Å². The van der Waals surface area contributed by atoms with Gasteiger partial charge in [0.25, 0.3) is 0 Å². The van der Waals surface area contributed by atoms with Crippen molar-refractivity contribution in [3.8, 4) is 5.75 Å². The lowest BCUT2D eigenvalue weighted by Gasteiger charge is -2.00. The van der Waals surface area contributed by atoms with Crippen LogP contribution >= 0.6 is 0 Å². The standard InChI is InChI=1S/C10H9NO/c11-12-10-6-5-8-3-1-2-4-9(8)7-10/h1-7H,11H2. The molecule has 2 heteroatoms. The van der Waals surface area contributed by atoms with Crippen LogP contribution in [0.4, 0.5) is 0 Å². The molecular weight excluding hydrogens is 150 g/mol. The SMILES string of the molecule is NOc1ccc2ccccc2c1. The molecule has 60 valence electrons. The van der Waals surface area contributed by atoms with Crippen LogP contribution in [0.25, 0.3) is 10.8 Å². The number of hydrogen-bond donors (Lipinski definition) is 1. The van der Waals surface area contributed by atoms with E-state index in [1.54, 1.807) is 0 Å². The molecule has 0 spiro atoms. The summed E-state index contributed by atoms with van der Waals surface area (Å²) in [6.45, 7) is 0. The Morgan fingerprint density at radius 1 is 0.917 bits per heavy atom. The summed E-state index contributed by atoms with van der Waals surface area (Å²) < 4.78 is 0. The summed E-state index contributed by atoms with van der Waals surface area (Å²) in [5, 5.41) is 2.33. The van der Waals surface area contributed by atoms with Gasteiger partial charge in [-0.25, -0.2) is 0 Å². The fraction of sp³-hybridized carbons (Fsp3) is 0. The highest BCUT2D eigenvalue weighted by atomic mass is 16.6. The Kier molecular flexibility index (Phi) is 1.68. The minimum Gasteiger partial charge on any atom is -0.412 e. The molecule has 2 N–H and O–H groups in total. The molecule has 2 aromatic carbocycles. The van der Waals surface area contributed by atoms with Crippen LogP contribution in [-0.2, 0) is 0 Å². The van der Waals surface area contributed by atoms with Crippen LogP contribution in [0.1, 0.15) is 0 Å². The van der Waals surface area contributed by atoms with Gasteiger partial charge in [0, 0.05) is 0 Å². The molecule has 0 saturated heterocycles. The minimum absolute atomic E-state index is 0.689. The van der Waals surface area contributed by atoms with Crippen LogP contribution in [0.2, 0.25) is 0 Å². The van der Waals surface area contributed by atoms with Crippen molar-refractivity contribution in [2.24, 2.45) is 5.90 Å². The normalized spacial score (nSPS) is 10.1. The summed E-state index contributed by atoms with van der Waals surface area (Å²) in [7, 11) is 0. The van der Waals surface area contributed by atoms with E-state index < -0.39 is 0 Å². The van der Waals surface area contributed by atoms with Gasteiger partial charge < -0.3 is 4.84 Å². The van der Waals surface area contributed by atoms with E-state index in [-0.39, 0.29) is 0 Å². The maximum absolute atomic E-state index is 5.04. The Labute approximate surface area is 70.5 Å². The van der Waals surface area contributed by atoms with Gasteiger partial charge in [0.05, 0.1) is 0 Å². The molecule has 0 radical (unpaired) electrons. The molecular formula is C10H9NO. The second kappa shape index (κ2) is 2.83. The maximum Gasteiger partial charge on any atom is 0.147 e. The van der Waals surface area contributed by atoms with Crippen molar-refractivity contribution in [1.82, 2.24) is 0 Å². The Bertz CT molecular complexity index is 398. The van der Waals surface area contributed by atoms with Gasteiger partial charge in [-0.1, -0.05) is 30.3 Å². The Morgan fingerprint density at radius 2 is 1.67 bits per heavy atom. The lowest BCUT2D eigenvalue weighted by molar-refractivity contribution is 0.335. The van der Waals surface area contributed by atoms with E-state index in [1.807, 2.05) is 36.4 Å². The van der Waals surface area contributed by atoms with Crippen molar-refractivity contribution in [2.45, 2.75) is 0 Å². The smallest absolute Gasteiger partial charge is 0.147 e. The van der Waals surface area contributed by atoms with Gasteiger partial charge in [0.15, 0.2) is 0 Å². The molecule has 2 rings (SSSR count). The van der Waals surface area contributed by atoms with E-state index in [2.05, 4.69) is 10.9 Å². The lowest BCUT2D eigenvalue weighted by atomic mass is 10.1. The average Bonchev–Trinajstić information content (AvgIpc) is 2.17. The molecule has 0 aliphatic heterocycles. The third-order valence-electron chi connectivity index (χ3n) is 1.86. The van der Waals surface area contributed by atoms with Crippen LogP contribution in [0.3, 0.4) is 0 Å². The minimum atomic E-state index is 0.689. The molecule has 0 amide bonds. The summed E-state index contributed by atoms with van der Waals surface area (Å²) in [6.07, 6.45) is 0. The van der Waals surface area contributed by atoms with Gasteiger partial charge in [0.1, 0.15) is 5.75 Å². The number of rotatable bonds is 1. The highest BCUT2D eigenvalue weighted by Crippen LogP contribution is 2.19. The summed E-state index contributed by atoms with van der Waals surface area (Å²) >= 11 is 0. The van der Waals surface area contributed by atoms with E-state index in [1.165, 1.54) is 5.39 Å². The topological polar surface area (TPSA) is 35.2 Å². The molecule has 12 heavy (non-hydrogen) atoms. The molecule has 0 saturated carbocycles. The second-order valence-electron chi connectivity index (χ2n) is 2.63. The van der Waals surface area contributed by atoms with E-state index in [0.717, 1.165) is 5.39 Å². The zero-order valence-electron chi connectivity index (χ0n) is 6.53. The van der Waals surface area contributed by atoms with Crippen molar-refractivity contribution in [3.63, 3.8) is 0 Å². The van der Waals surface area contributed by atoms with Gasteiger partial charge in [-0.05, 0) is 22.9 Å². The molecule has 0 aliphatic carbocycles. The molecule has 0 unspecified atom stereocenters. The van der Waals surface area contributed by atoms with Gasteiger partial charge in [-0.3, -0.25) is 0 Å². The summed E-state index contributed by atoms with van der Waals surface area (Å²) in [5.41, 5.74) is 0. The van der Waals surface area contributed by atoms with Crippen LogP contribution in [0.5, 0.6) is 5.75 Å². The zero-order chi connectivity index (χ0) is 8.39. The largest absolute Gasteiger partial charge is 0.412 e. The Morgan fingerprint density at radius 3 is 2.42 bits per heavy atom. The van der Waals surface area contributed by atoms with Crippen LogP contribution in [-0.4, -0.2) is 0 Å². The van der Waals surface area contributed by atoms with Gasteiger partial charge in [-0.15, -0.1) is 0 Å². The summed E-state index contributed by atoms with van der Waals surface area (Å²) in [6, 6.07) is 13.8. The first-order valence-corrected chi connectivity index (χ1v) is 3.76. The summed E-state index contributed by atoms with van der Waals surface area (Å²) in [4.78, 5) is 4.62. The van der Waals surface area contributed by atoms with E-state index in [0.29, 0.717) is 5.75 Å². The third-order valence-corrected chi connectivity index (χ3v) is 1.86. The average molecular weight is 159 g/mol. The molecule has 2 nitrogen and oxygen atoms in total. The van der Waals surface area contributed by atoms with Crippen LogP contribution in [0, 0.1) is 0 Å². The molecule has 0 bridgehead atoms. The maximum atomic E-state index is 5.04. The first-order chi connectivity index (χ1) is 5.90. The molecule has 0 atom stereocenters. The van der Waals surface area contributed by atoms with Crippen molar-refractivity contribution in [2.75, 3.05) is 0 Å². The van der Waals surface area contributed by atoms with E-state index in [9.17, 15) is 0 Å². The fourth-order valence-corrected chi connectivity index (χ4v) is 1.24. The Balaban J connectivity index is 2.67. The molecule has 0 heterocycles. The van der Waals surface area contributed by atoms with Crippen LogP contribution < -0.4 is 10.7 Å². The molecule has 0 aromatic heterocycles. The van der Waals surface area contributed by atoms with E-state index in [4.69, 9.17) is 5.90 Å². The highest BCUT2D eigenvalue weighted by molar-refractivity contribution is 5.83. The number of benzene rings is 2. The highest BCUT2D eigenvalue weighted by Gasteiger charge is 1.93. The summed E-state index contributed by atoms with van der Waals surface area (Å²) in [5.74, 6) is 5.73.